The van der Waals surface area contributed by atoms with Gasteiger partial charge in [0.2, 0.25) is 0 Å². The summed E-state index contributed by atoms with van der Waals surface area (Å²) in [7, 11) is 4.01. The molecule has 0 heterocycles. The molecule has 3 N–H and O–H groups in total. The van der Waals surface area contributed by atoms with Crippen molar-refractivity contribution in [3.63, 3.8) is 0 Å². The fraction of sp³-hybridized carbons (Fsp3) is 0.188. The van der Waals surface area contributed by atoms with E-state index in [9.17, 15) is 0 Å². The molecule has 0 bridgehead atoms. The van der Waals surface area contributed by atoms with E-state index in [2.05, 4.69) is 22.4 Å². The number of nitrogens with two attached hydrogens (primary N) is 1. The predicted molar refractivity (Wildman–Crippen MR) is 84.2 cm³/mol. The summed E-state index contributed by atoms with van der Waals surface area (Å²) in [4.78, 5) is 2.05. The minimum absolute atomic E-state index is 0.316. The van der Waals surface area contributed by atoms with Gasteiger partial charge in [0.15, 0.2) is 0 Å². The third kappa shape index (κ3) is 3.01. The van der Waals surface area contributed by atoms with Crippen molar-refractivity contribution in [2.75, 3.05) is 30.0 Å². The van der Waals surface area contributed by atoms with Crippen LogP contribution in [0.15, 0.2) is 42.5 Å². The molecule has 0 radical (unpaired) electrons. The molecule has 0 saturated carbocycles. The van der Waals surface area contributed by atoms with Crippen LogP contribution < -0.4 is 16.0 Å². The molecule has 0 unspecified atom stereocenters. The lowest BCUT2D eigenvalue weighted by molar-refractivity contribution is 1.13. The zero-order chi connectivity index (χ0) is 14.5. The van der Waals surface area contributed by atoms with Crippen molar-refractivity contribution in [2.24, 2.45) is 0 Å². The molecular weight excluding hydrogens is 248 g/mol. The van der Waals surface area contributed by atoms with Crippen LogP contribution in [0.5, 0.6) is 0 Å². The van der Waals surface area contributed by atoms with Crippen LogP contribution in [0.3, 0.4) is 0 Å². The first kappa shape index (κ1) is 13.8. The molecule has 0 aliphatic rings. The molecule has 20 heavy (non-hydrogen) atoms. The monoisotopic (exact) mass is 266 g/mol. The Bertz CT molecular complexity index is 641. The molecule has 0 amide bonds. The van der Waals surface area contributed by atoms with Gasteiger partial charge >= 0.3 is 0 Å². The van der Waals surface area contributed by atoms with Crippen LogP contribution in [0.25, 0.3) is 0 Å². The molecule has 2 rings (SSSR count). The van der Waals surface area contributed by atoms with Crippen molar-refractivity contribution < 1.29 is 0 Å². The van der Waals surface area contributed by atoms with Crippen molar-refractivity contribution in [1.29, 1.82) is 5.26 Å². The Balaban J connectivity index is 2.31. The number of benzene rings is 2. The molecular formula is C16H18N4. The predicted octanol–water partition coefficient (Wildman–Crippen LogP) is 3.14. The highest BCUT2D eigenvalue weighted by atomic mass is 15.1. The number of hydrogen-bond donors (Lipinski definition) is 2. The summed E-state index contributed by atoms with van der Waals surface area (Å²) in [6.45, 7) is 0. The second-order valence-corrected chi connectivity index (χ2v) is 4.79. The van der Waals surface area contributed by atoms with Gasteiger partial charge in [-0.3, -0.25) is 0 Å². The molecule has 4 heteroatoms. The number of nitrogens with zero attached hydrogens (tertiary/aromatic N) is 2. The van der Waals surface area contributed by atoms with Crippen LogP contribution in [-0.2, 0) is 6.42 Å². The highest BCUT2D eigenvalue weighted by Gasteiger charge is 2.05. The van der Waals surface area contributed by atoms with Gasteiger partial charge in [0.1, 0.15) is 0 Å². The first-order valence-corrected chi connectivity index (χ1v) is 6.40. The zero-order valence-corrected chi connectivity index (χ0v) is 11.7. The van der Waals surface area contributed by atoms with E-state index in [4.69, 9.17) is 11.0 Å². The average molecular weight is 266 g/mol. The second-order valence-electron chi connectivity index (χ2n) is 4.79. The lowest BCUT2D eigenvalue weighted by atomic mass is 10.1. The van der Waals surface area contributed by atoms with Gasteiger partial charge in [-0.05, 0) is 35.9 Å². The molecule has 2 aromatic carbocycles. The molecule has 0 fully saturated rings. The minimum Gasteiger partial charge on any atom is -0.398 e. The topological polar surface area (TPSA) is 65.1 Å². The number of rotatable bonds is 4. The van der Waals surface area contributed by atoms with E-state index in [1.54, 1.807) is 0 Å². The van der Waals surface area contributed by atoms with E-state index in [1.807, 2.05) is 50.5 Å². The van der Waals surface area contributed by atoms with E-state index in [0.717, 1.165) is 22.6 Å². The molecule has 0 spiro atoms. The summed E-state index contributed by atoms with van der Waals surface area (Å²) >= 11 is 0. The van der Waals surface area contributed by atoms with Gasteiger partial charge in [-0.1, -0.05) is 12.1 Å². The first-order valence-electron chi connectivity index (χ1n) is 6.40. The highest BCUT2D eigenvalue weighted by molar-refractivity contribution is 5.75. The molecule has 4 nitrogen and oxygen atoms in total. The fourth-order valence-electron chi connectivity index (χ4n) is 2.05. The molecule has 0 aliphatic carbocycles. The van der Waals surface area contributed by atoms with Crippen LogP contribution >= 0.6 is 0 Å². The lowest BCUT2D eigenvalue weighted by Crippen LogP contribution is -2.10. The van der Waals surface area contributed by atoms with E-state index in [1.165, 1.54) is 0 Å². The summed E-state index contributed by atoms with van der Waals surface area (Å²) in [6.07, 6.45) is 0.316. The molecule has 102 valence electrons. The van der Waals surface area contributed by atoms with Crippen molar-refractivity contribution in [3.05, 3.63) is 48.0 Å². The van der Waals surface area contributed by atoms with Gasteiger partial charge in [-0.2, -0.15) is 5.26 Å². The molecule has 2 aromatic rings. The van der Waals surface area contributed by atoms with Gasteiger partial charge < -0.3 is 16.0 Å². The van der Waals surface area contributed by atoms with Crippen LogP contribution in [0.2, 0.25) is 0 Å². The fourth-order valence-corrected chi connectivity index (χ4v) is 2.05. The number of nitrogen functional groups attached to an aromatic ring is 1. The van der Waals surface area contributed by atoms with E-state index in [-0.39, 0.29) is 0 Å². The summed E-state index contributed by atoms with van der Waals surface area (Å²) in [5.74, 6) is 0. The molecule has 0 saturated heterocycles. The largest absolute Gasteiger partial charge is 0.398 e. The summed E-state index contributed by atoms with van der Waals surface area (Å²) in [6, 6.07) is 15.9. The Kier molecular flexibility index (Phi) is 4.11. The minimum atomic E-state index is 0.316. The Morgan fingerprint density at radius 3 is 2.65 bits per heavy atom. The van der Waals surface area contributed by atoms with Crippen LogP contribution in [0.4, 0.5) is 22.7 Å². The summed E-state index contributed by atoms with van der Waals surface area (Å²) in [5.41, 5.74) is 10.4. The van der Waals surface area contributed by atoms with Gasteiger partial charge in [0.25, 0.3) is 0 Å². The Hall–Kier alpha value is -2.67. The Morgan fingerprint density at radius 1 is 1.20 bits per heavy atom. The van der Waals surface area contributed by atoms with Crippen molar-refractivity contribution >= 4 is 22.7 Å². The van der Waals surface area contributed by atoms with Crippen molar-refractivity contribution in [3.8, 4) is 6.07 Å². The molecule has 0 aromatic heterocycles. The maximum Gasteiger partial charge on any atom is 0.0670 e. The highest BCUT2D eigenvalue weighted by Crippen LogP contribution is 2.28. The Morgan fingerprint density at radius 2 is 1.95 bits per heavy atom. The van der Waals surface area contributed by atoms with Crippen molar-refractivity contribution in [2.45, 2.75) is 6.42 Å². The quantitative estimate of drug-likeness (QED) is 0.834. The standard InChI is InChI=1S/C16H18N4/c1-20(2)16-6-4-3-5-15(16)19-13-7-8-14(18)12(11-13)9-10-17/h3-8,11,19H,9,18H2,1-2H3. The SMILES string of the molecule is CN(C)c1ccccc1Nc1ccc(N)c(CC#N)c1. The van der Waals surface area contributed by atoms with Gasteiger partial charge in [0, 0.05) is 25.5 Å². The maximum absolute atomic E-state index is 8.81. The van der Waals surface area contributed by atoms with E-state index in [0.29, 0.717) is 12.1 Å². The molecule has 0 atom stereocenters. The average Bonchev–Trinajstić information content (AvgIpc) is 2.43. The number of hydrogen-bond acceptors (Lipinski definition) is 4. The van der Waals surface area contributed by atoms with Gasteiger partial charge in [0.05, 0.1) is 23.9 Å². The number of anilines is 4. The summed E-state index contributed by atoms with van der Waals surface area (Å²) < 4.78 is 0. The summed E-state index contributed by atoms with van der Waals surface area (Å²) in [5, 5.41) is 12.2. The van der Waals surface area contributed by atoms with Gasteiger partial charge in [-0.25, -0.2) is 0 Å². The normalized spacial score (nSPS) is 9.85. The smallest absolute Gasteiger partial charge is 0.0670 e. The van der Waals surface area contributed by atoms with Gasteiger partial charge in [-0.15, -0.1) is 0 Å². The third-order valence-electron chi connectivity index (χ3n) is 3.08. The number of nitriles is 1. The number of nitrogens with one attached hydrogen (secondary N) is 1. The third-order valence-corrected chi connectivity index (χ3v) is 3.08. The van der Waals surface area contributed by atoms with E-state index >= 15 is 0 Å². The van der Waals surface area contributed by atoms with Crippen LogP contribution in [0.1, 0.15) is 5.56 Å². The second kappa shape index (κ2) is 5.98. The lowest BCUT2D eigenvalue weighted by Gasteiger charge is -2.18. The van der Waals surface area contributed by atoms with Crippen molar-refractivity contribution in [1.82, 2.24) is 0 Å². The number of para-hydroxylation sites is 2. The van der Waals surface area contributed by atoms with E-state index < -0.39 is 0 Å². The first-order chi connectivity index (χ1) is 9.61. The molecule has 0 aliphatic heterocycles. The Labute approximate surface area is 119 Å². The van der Waals surface area contributed by atoms with Crippen LogP contribution in [-0.4, -0.2) is 14.1 Å². The maximum atomic E-state index is 8.81. The zero-order valence-electron chi connectivity index (χ0n) is 11.7. The van der Waals surface area contributed by atoms with Crippen LogP contribution in [0, 0.1) is 11.3 Å².